The van der Waals surface area contributed by atoms with E-state index in [1.165, 1.54) is 19.2 Å². The van der Waals surface area contributed by atoms with Crippen molar-refractivity contribution in [3.05, 3.63) is 22.7 Å². The molecule has 3 rings (SSSR count). The number of carboxylic acids is 1. The second-order valence-electron chi connectivity index (χ2n) is 10.1. The molecule has 0 aliphatic carbocycles. The van der Waals surface area contributed by atoms with Crippen LogP contribution >= 0.6 is 8.09 Å². The summed E-state index contributed by atoms with van der Waals surface area (Å²) in [6.07, 6.45) is 3.03. The molecule has 0 spiro atoms. The van der Waals surface area contributed by atoms with Gasteiger partial charge in [-0.15, -0.1) is 0 Å². The number of nitrogens with zero attached hydrogens (tertiary/aromatic N) is 2. The van der Waals surface area contributed by atoms with Gasteiger partial charge in [0, 0.05) is 0 Å². The number of hydrogen-bond acceptors (Lipinski definition) is 10. The number of carboxylic acid groups (broad SMARTS) is 1. The summed E-state index contributed by atoms with van der Waals surface area (Å²) in [7, 11) is -4.20. The van der Waals surface area contributed by atoms with E-state index in [1.54, 1.807) is 0 Å². The number of rotatable bonds is 13. The van der Waals surface area contributed by atoms with Gasteiger partial charge in [0.25, 0.3) is 0 Å². The SMILES string of the molecule is CCCC[C@H](N[PH]1(O)OC[C@H]2O[C@@H](n3ccc(NC(=O)C(CCC)CCC)nc3=O)[C@](C)(O)[C@@H]2O1)C(=O)O. The Labute approximate surface area is 222 Å². The van der Waals surface area contributed by atoms with Crippen LogP contribution in [0.25, 0.3) is 0 Å². The van der Waals surface area contributed by atoms with Crippen molar-refractivity contribution < 1.29 is 38.5 Å². The molecule has 0 radical (unpaired) electrons. The van der Waals surface area contributed by atoms with E-state index in [-0.39, 0.29) is 30.7 Å². The molecule has 0 unspecified atom stereocenters. The van der Waals surface area contributed by atoms with Crippen LogP contribution in [0.1, 0.15) is 78.9 Å². The Balaban J connectivity index is 1.74. The quantitative estimate of drug-likeness (QED) is 0.223. The van der Waals surface area contributed by atoms with Crippen LogP contribution in [-0.4, -0.2) is 67.0 Å². The second-order valence-corrected chi connectivity index (χ2v) is 12.1. The molecular weight excluding hydrogens is 519 g/mol. The first-order valence-corrected chi connectivity index (χ1v) is 15.0. The molecular formula is C24H41N4O9P. The molecule has 2 fully saturated rings. The van der Waals surface area contributed by atoms with Crippen molar-refractivity contribution in [2.75, 3.05) is 11.9 Å². The number of anilines is 1. The predicted molar refractivity (Wildman–Crippen MR) is 140 cm³/mol. The maximum atomic E-state index is 12.9. The molecule has 38 heavy (non-hydrogen) atoms. The molecule has 5 atom stereocenters. The summed E-state index contributed by atoms with van der Waals surface area (Å²) in [4.78, 5) is 52.1. The Kier molecular flexibility index (Phi) is 10.4. The molecule has 14 heteroatoms. The standard InChI is InChI=1S/C24H41N4O9P/c1-5-8-11-16(21(30)31)27-38(34)35-14-17-19(37-38)24(4,33)22(36-17)28-13-12-18(26-23(28)32)25-20(29)15(9-6-2)10-7-3/h12-13,15-17,19,22,27,33-34,38H,5-11,14H2,1-4H3,(H,30,31)(H,25,26,29,32)/t16-,17+,19+,22+,24+/m0/s1. The molecule has 216 valence electrons. The monoisotopic (exact) mass is 560 g/mol. The first-order chi connectivity index (χ1) is 18.0. The summed E-state index contributed by atoms with van der Waals surface area (Å²) >= 11 is 0. The molecule has 0 saturated carbocycles. The molecule has 1 aromatic heterocycles. The number of nitrogens with one attached hydrogen (secondary N) is 2. The number of hydrogen-bond donors (Lipinski definition) is 5. The predicted octanol–water partition coefficient (Wildman–Crippen LogP) is 2.10. The Hall–Kier alpha value is -1.99. The van der Waals surface area contributed by atoms with Crippen molar-refractivity contribution in [2.45, 2.75) is 103 Å². The summed E-state index contributed by atoms with van der Waals surface area (Å²) in [5.41, 5.74) is -2.56. The van der Waals surface area contributed by atoms with E-state index in [0.29, 0.717) is 6.42 Å². The van der Waals surface area contributed by atoms with Crippen molar-refractivity contribution in [2.24, 2.45) is 5.92 Å². The number of aliphatic carboxylic acids is 1. The van der Waals surface area contributed by atoms with Crippen LogP contribution in [0.2, 0.25) is 0 Å². The van der Waals surface area contributed by atoms with Gasteiger partial charge in [-0.3, -0.25) is 0 Å². The van der Waals surface area contributed by atoms with E-state index in [1.807, 2.05) is 20.8 Å². The molecule has 1 amide bonds. The van der Waals surface area contributed by atoms with Gasteiger partial charge in [-0.25, -0.2) is 0 Å². The number of aromatic nitrogens is 2. The van der Waals surface area contributed by atoms with Crippen LogP contribution < -0.4 is 16.1 Å². The topological polar surface area (TPSA) is 181 Å². The van der Waals surface area contributed by atoms with E-state index >= 15 is 0 Å². The van der Waals surface area contributed by atoms with Crippen LogP contribution in [0.15, 0.2) is 17.1 Å². The van der Waals surface area contributed by atoms with Gasteiger partial charge in [-0.05, 0) is 0 Å². The summed E-state index contributed by atoms with van der Waals surface area (Å²) in [5, 5.41) is 26.2. The van der Waals surface area contributed by atoms with Gasteiger partial charge in [-0.2, -0.15) is 0 Å². The number of amides is 1. The minimum atomic E-state index is -4.20. The van der Waals surface area contributed by atoms with Gasteiger partial charge in [0.05, 0.1) is 0 Å². The molecule has 3 heterocycles. The van der Waals surface area contributed by atoms with Crippen LogP contribution in [0.3, 0.4) is 0 Å². The van der Waals surface area contributed by atoms with Crippen molar-refractivity contribution in [1.82, 2.24) is 14.6 Å². The fourth-order valence-electron chi connectivity index (χ4n) is 4.92. The van der Waals surface area contributed by atoms with Gasteiger partial charge in [0.2, 0.25) is 0 Å². The molecule has 1 aromatic rings. The fourth-order valence-corrected chi connectivity index (χ4v) is 6.97. The number of aliphatic hydroxyl groups is 1. The third-order valence-corrected chi connectivity index (χ3v) is 8.77. The van der Waals surface area contributed by atoms with E-state index in [9.17, 15) is 29.5 Å². The number of fused-ring (bicyclic) bond motifs is 1. The molecule has 5 N–H and O–H groups in total. The first-order valence-electron chi connectivity index (χ1n) is 13.3. The zero-order valence-corrected chi connectivity index (χ0v) is 23.4. The zero-order chi connectivity index (χ0) is 28.1. The molecule has 0 aromatic carbocycles. The number of ether oxygens (including phenoxy) is 1. The summed E-state index contributed by atoms with van der Waals surface area (Å²) in [6, 6.07) is 0.361. The van der Waals surface area contributed by atoms with Crippen LogP contribution in [0.5, 0.6) is 0 Å². The van der Waals surface area contributed by atoms with Crippen molar-refractivity contribution in [3.63, 3.8) is 0 Å². The Bertz CT molecular complexity index is 1030. The summed E-state index contributed by atoms with van der Waals surface area (Å²) in [6.45, 7) is 7.15. The third-order valence-electron chi connectivity index (χ3n) is 6.93. The van der Waals surface area contributed by atoms with Crippen LogP contribution in [0, 0.1) is 5.92 Å². The van der Waals surface area contributed by atoms with E-state index in [2.05, 4.69) is 15.4 Å². The number of carbonyl (C=O) groups excluding carboxylic acids is 1. The van der Waals surface area contributed by atoms with Crippen molar-refractivity contribution in [1.29, 1.82) is 0 Å². The first kappa shape index (κ1) is 30.6. The Morgan fingerprint density at radius 1 is 1.24 bits per heavy atom. The third kappa shape index (κ3) is 6.95. The van der Waals surface area contributed by atoms with Gasteiger partial charge in [0.1, 0.15) is 0 Å². The maximum absolute atomic E-state index is 12.9. The second kappa shape index (κ2) is 12.9. The van der Waals surface area contributed by atoms with E-state index < -0.39 is 49.8 Å². The van der Waals surface area contributed by atoms with Crippen molar-refractivity contribution in [3.8, 4) is 0 Å². The van der Waals surface area contributed by atoms with Crippen molar-refractivity contribution >= 4 is 25.8 Å². The molecule has 0 bridgehead atoms. The van der Waals surface area contributed by atoms with Gasteiger partial charge in [-0.1, -0.05) is 26.7 Å². The minimum absolute atomic E-state index is 0.0980. The van der Waals surface area contributed by atoms with Crippen LogP contribution in [-0.2, 0) is 23.4 Å². The van der Waals surface area contributed by atoms with Crippen LogP contribution in [0.4, 0.5) is 5.82 Å². The van der Waals surface area contributed by atoms with Gasteiger partial charge in [0.15, 0.2) is 0 Å². The molecule has 2 saturated heterocycles. The van der Waals surface area contributed by atoms with Gasteiger partial charge < -0.3 is 0 Å². The average Bonchev–Trinajstić information content (AvgIpc) is 3.11. The number of carbonyl (C=O) groups is 2. The summed E-state index contributed by atoms with van der Waals surface area (Å²) < 4.78 is 18.2. The molecule has 13 nitrogen and oxygen atoms in total. The summed E-state index contributed by atoms with van der Waals surface area (Å²) in [5.74, 6) is -1.43. The average molecular weight is 561 g/mol. The molecule has 2 aliphatic rings. The normalized spacial score (nSPS) is 28.0. The van der Waals surface area contributed by atoms with E-state index in [0.717, 1.165) is 36.7 Å². The fraction of sp³-hybridized carbons (Fsp3) is 0.750. The zero-order valence-electron chi connectivity index (χ0n) is 22.4. The van der Waals surface area contributed by atoms with Gasteiger partial charge >= 0.3 is 196 Å². The Morgan fingerprint density at radius 2 is 1.92 bits per heavy atom. The Morgan fingerprint density at radius 3 is 2.50 bits per heavy atom. The van der Waals surface area contributed by atoms with E-state index in [4.69, 9.17) is 13.8 Å². The molecule has 2 aliphatic heterocycles. The number of unbranched alkanes of at least 4 members (excludes halogenated alkanes) is 1.